The lowest BCUT2D eigenvalue weighted by atomic mass is 10.1. The summed E-state index contributed by atoms with van der Waals surface area (Å²) in [5, 5.41) is 14.0. The fraction of sp³-hybridized carbons (Fsp3) is 0.385. The summed E-state index contributed by atoms with van der Waals surface area (Å²) in [5.74, 6) is -0.293. The maximum absolute atomic E-state index is 11.7. The molecule has 1 aliphatic heterocycles. The first-order valence-electron chi connectivity index (χ1n) is 6.13. The molecule has 102 valence electrons. The van der Waals surface area contributed by atoms with Gasteiger partial charge in [0.25, 0.3) is 0 Å². The summed E-state index contributed by atoms with van der Waals surface area (Å²) in [5.41, 5.74) is 0.904. The zero-order valence-corrected chi connectivity index (χ0v) is 10.6. The minimum Gasteiger partial charge on any atom is -0.491 e. The number of aliphatic carboxylic acids is 1. The second-order valence-corrected chi connectivity index (χ2v) is 4.32. The molecule has 2 atom stereocenters. The van der Waals surface area contributed by atoms with Crippen LogP contribution in [-0.4, -0.2) is 29.8 Å². The number of amides is 2. The molecular weight excluding hydrogens is 248 g/mol. The summed E-state index contributed by atoms with van der Waals surface area (Å²) in [6.07, 6.45) is 0.334. The molecule has 0 spiro atoms. The van der Waals surface area contributed by atoms with E-state index >= 15 is 0 Å². The Labute approximate surface area is 110 Å². The number of nitrogens with one attached hydrogen (secondary N) is 2. The molecule has 1 aromatic rings. The highest BCUT2D eigenvalue weighted by molar-refractivity contribution is 5.82. The normalized spacial score (nSPS) is 18.1. The van der Waals surface area contributed by atoms with Gasteiger partial charge in [0, 0.05) is 5.56 Å². The number of carboxylic acid groups (broad SMARTS) is 1. The Morgan fingerprint density at radius 2 is 2.21 bits per heavy atom. The summed E-state index contributed by atoms with van der Waals surface area (Å²) >= 11 is 0. The van der Waals surface area contributed by atoms with E-state index in [2.05, 4.69) is 10.6 Å². The highest BCUT2D eigenvalue weighted by atomic mass is 16.5. The van der Waals surface area contributed by atoms with Gasteiger partial charge < -0.3 is 20.5 Å². The van der Waals surface area contributed by atoms with Crippen molar-refractivity contribution < 1.29 is 19.4 Å². The molecule has 0 saturated carbocycles. The molecule has 1 aliphatic rings. The van der Waals surface area contributed by atoms with E-state index in [1.165, 1.54) is 0 Å². The first kappa shape index (κ1) is 13.2. The minimum absolute atomic E-state index is 0.248. The Kier molecular flexibility index (Phi) is 3.89. The van der Waals surface area contributed by atoms with Crippen molar-refractivity contribution >= 4 is 12.0 Å². The van der Waals surface area contributed by atoms with Crippen molar-refractivity contribution in [1.82, 2.24) is 10.6 Å². The van der Waals surface area contributed by atoms with Crippen LogP contribution in [0.2, 0.25) is 0 Å². The molecule has 6 nitrogen and oxygen atoms in total. The SMILES string of the molecule is CCC(NC(=O)NC1COc2ccccc21)C(=O)O. The Hall–Kier alpha value is -2.24. The lowest BCUT2D eigenvalue weighted by Crippen LogP contribution is -2.46. The number of carboxylic acids is 1. The van der Waals surface area contributed by atoms with Gasteiger partial charge in [0.15, 0.2) is 0 Å². The van der Waals surface area contributed by atoms with Crippen LogP contribution in [0.3, 0.4) is 0 Å². The Morgan fingerprint density at radius 1 is 1.47 bits per heavy atom. The third-order valence-electron chi connectivity index (χ3n) is 3.02. The first-order chi connectivity index (χ1) is 9.11. The van der Waals surface area contributed by atoms with Crippen molar-refractivity contribution in [2.45, 2.75) is 25.4 Å². The van der Waals surface area contributed by atoms with Crippen LogP contribution in [0.1, 0.15) is 24.9 Å². The van der Waals surface area contributed by atoms with Crippen molar-refractivity contribution in [1.29, 1.82) is 0 Å². The predicted molar refractivity (Wildman–Crippen MR) is 68.1 cm³/mol. The van der Waals surface area contributed by atoms with Crippen LogP contribution >= 0.6 is 0 Å². The number of carbonyl (C=O) groups excluding carboxylic acids is 1. The van der Waals surface area contributed by atoms with Gasteiger partial charge in [-0.2, -0.15) is 0 Å². The number of fused-ring (bicyclic) bond motifs is 1. The molecule has 0 saturated heterocycles. The summed E-state index contributed by atoms with van der Waals surface area (Å²) in [6, 6.07) is 5.81. The van der Waals surface area contributed by atoms with Crippen LogP contribution < -0.4 is 15.4 Å². The zero-order valence-electron chi connectivity index (χ0n) is 10.6. The van der Waals surface area contributed by atoms with Gasteiger partial charge in [-0.15, -0.1) is 0 Å². The maximum atomic E-state index is 11.7. The van der Waals surface area contributed by atoms with Crippen LogP contribution in [-0.2, 0) is 4.79 Å². The van der Waals surface area contributed by atoms with E-state index in [0.717, 1.165) is 11.3 Å². The maximum Gasteiger partial charge on any atom is 0.326 e. The van der Waals surface area contributed by atoms with E-state index < -0.39 is 18.0 Å². The minimum atomic E-state index is -1.04. The number of hydrogen-bond acceptors (Lipinski definition) is 3. The highest BCUT2D eigenvalue weighted by Crippen LogP contribution is 2.31. The average molecular weight is 264 g/mol. The average Bonchev–Trinajstić information content (AvgIpc) is 2.79. The number of benzene rings is 1. The van der Waals surface area contributed by atoms with Gasteiger partial charge in [-0.1, -0.05) is 25.1 Å². The molecule has 2 amide bonds. The number of urea groups is 1. The first-order valence-corrected chi connectivity index (χ1v) is 6.13. The predicted octanol–water partition coefficient (Wildman–Crippen LogP) is 1.28. The van der Waals surface area contributed by atoms with E-state index in [1.54, 1.807) is 6.92 Å². The van der Waals surface area contributed by atoms with Crippen molar-refractivity contribution in [2.75, 3.05) is 6.61 Å². The van der Waals surface area contributed by atoms with E-state index in [4.69, 9.17) is 9.84 Å². The van der Waals surface area contributed by atoms with Crippen molar-refractivity contribution in [3.05, 3.63) is 29.8 Å². The fourth-order valence-corrected chi connectivity index (χ4v) is 1.98. The molecule has 0 radical (unpaired) electrons. The summed E-state index contributed by atoms with van der Waals surface area (Å²) in [4.78, 5) is 22.6. The number of rotatable bonds is 4. The number of para-hydroxylation sites is 1. The Balaban J connectivity index is 1.96. The molecule has 3 N–H and O–H groups in total. The summed E-state index contributed by atoms with van der Waals surface area (Å²) in [6.45, 7) is 2.06. The van der Waals surface area contributed by atoms with E-state index in [0.29, 0.717) is 13.0 Å². The van der Waals surface area contributed by atoms with Crippen LogP contribution in [0.4, 0.5) is 4.79 Å². The van der Waals surface area contributed by atoms with E-state index in [9.17, 15) is 9.59 Å². The van der Waals surface area contributed by atoms with E-state index in [-0.39, 0.29) is 6.04 Å². The molecule has 2 unspecified atom stereocenters. The Bertz CT molecular complexity index is 489. The monoisotopic (exact) mass is 264 g/mol. The smallest absolute Gasteiger partial charge is 0.326 e. The van der Waals surface area contributed by atoms with Gasteiger partial charge >= 0.3 is 12.0 Å². The fourth-order valence-electron chi connectivity index (χ4n) is 1.98. The number of carbonyl (C=O) groups is 2. The lowest BCUT2D eigenvalue weighted by Gasteiger charge is -2.16. The van der Waals surface area contributed by atoms with Gasteiger partial charge in [0.1, 0.15) is 18.4 Å². The summed E-state index contributed by atoms with van der Waals surface area (Å²) in [7, 11) is 0. The molecule has 19 heavy (non-hydrogen) atoms. The quantitative estimate of drug-likeness (QED) is 0.764. The third kappa shape index (κ3) is 2.96. The molecule has 1 aromatic carbocycles. The lowest BCUT2D eigenvalue weighted by molar-refractivity contribution is -0.139. The molecule has 0 aromatic heterocycles. The Morgan fingerprint density at radius 3 is 2.89 bits per heavy atom. The zero-order chi connectivity index (χ0) is 13.8. The van der Waals surface area contributed by atoms with Crippen molar-refractivity contribution in [3.63, 3.8) is 0 Å². The van der Waals surface area contributed by atoms with Crippen LogP contribution in [0.25, 0.3) is 0 Å². The molecule has 0 fully saturated rings. The second kappa shape index (κ2) is 5.60. The van der Waals surface area contributed by atoms with Gasteiger partial charge in [-0.25, -0.2) is 9.59 Å². The molecule has 0 aliphatic carbocycles. The largest absolute Gasteiger partial charge is 0.491 e. The van der Waals surface area contributed by atoms with Gasteiger partial charge in [-0.3, -0.25) is 0 Å². The topological polar surface area (TPSA) is 87.7 Å². The standard InChI is InChI=1S/C13H16N2O4/c1-2-9(12(16)17)14-13(18)15-10-7-19-11-6-4-3-5-8(10)11/h3-6,9-10H,2,7H2,1H3,(H,16,17)(H2,14,15,18). The highest BCUT2D eigenvalue weighted by Gasteiger charge is 2.26. The van der Waals surface area contributed by atoms with Gasteiger partial charge in [0.2, 0.25) is 0 Å². The van der Waals surface area contributed by atoms with Crippen LogP contribution in [0.15, 0.2) is 24.3 Å². The van der Waals surface area contributed by atoms with Crippen molar-refractivity contribution in [3.8, 4) is 5.75 Å². The number of hydrogen-bond donors (Lipinski definition) is 3. The molecule has 1 heterocycles. The van der Waals surface area contributed by atoms with Crippen LogP contribution in [0.5, 0.6) is 5.75 Å². The van der Waals surface area contributed by atoms with Gasteiger partial charge in [0.05, 0.1) is 6.04 Å². The molecule has 0 bridgehead atoms. The molecule has 2 rings (SSSR count). The van der Waals surface area contributed by atoms with E-state index in [1.807, 2.05) is 24.3 Å². The van der Waals surface area contributed by atoms with Crippen molar-refractivity contribution in [2.24, 2.45) is 0 Å². The summed E-state index contributed by atoms with van der Waals surface area (Å²) < 4.78 is 5.43. The molecule has 6 heteroatoms. The van der Waals surface area contributed by atoms with Gasteiger partial charge in [-0.05, 0) is 12.5 Å². The third-order valence-corrected chi connectivity index (χ3v) is 3.02. The second-order valence-electron chi connectivity index (χ2n) is 4.32. The molecular formula is C13H16N2O4. The van der Waals surface area contributed by atoms with Crippen LogP contribution in [0, 0.1) is 0 Å². The number of ether oxygens (including phenoxy) is 1.